The lowest BCUT2D eigenvalue weighted by Gasteiger charge is -2.29. The monoisotopic (exact) mass is 406 g/mol. The Hall–Kier alpha value is -3.40. The first-order valence-corrected chi connectivity index (χ1v) is 9.47. The fourth-order valence-corrected chi connectivity index (χ4v) is 4.15. The van der Waals surface area contributed by atoms with E-state index in [0.717, 1.165) is 6.92 Å². The van der Waals surface area contributed by atoms with E-state index < -0.39 is 28.0 Å². The second-order valence-electron chi connectivity index (χ2n) is 5.84. The Morgan fingerprint density at radius 2 is 1.57 bits per heavy atom. The fraction of sp³-hybridized carbons (Fsp3) is 0.167. The van der Waals surface area contributed by atoms with Crippen LogP contribution >= 0.6 is 0 Å². The first kappa shape index (κ1) is 20.9. The van der Waals surface area contributed by atoms with Crippen LogP contribution in [0.25, 0.3) is 0 Å². The van der Waals surface area contributed by atoms with Crippen LogP contribution in [0, 0.1) is 0 Å². The summed E-state index contributed by atoms with van der Waals surface area (Å²) in [5.41, 5.74) is -0.264. The van der Waals surface area contributed by atoms with Gasteiger partial charge in [0.25, 0.3) is 10.0 Å². The number of sulfonamides is 1. The Kier molecular flexibility index (Phi) is 6.04. The zero-order valence-electron chi connectivity index (χ0n) is 15.0. The van der Waals surface area contributed by atoms with Gasteiger partial charge in [-0.25, -0.2) is 18.0 Å². The molecular formula is C18H18N2O7S. The molecule has 9 nitrogen and oxygen atoms in total. The quantitative estimate of drug-likeness (QED) is 0.638. The number of carbonyl (C=O) groups is 3. The molecule has 0 spiro atoms. The van der Waals surface area contributed by atoms with Crippen molar-refractivity contribution in [1.82, 2.24) is 0 Å². The summed E-state index contributed by atoms with van der Waals surface area (Å²) >= 11 is 0. The van der Waals surface area contributed by atoms with Crippen LogP contribution in [0.15, 0.2) is 53.4 Å². The molecule has 0 aliphatic heterocycles. The third kappa shape index (κ3) is 4.29. The summed E-state index contributed by atoms with van der Waals surface area (Å²) in [6.07, 6.45) is 0. The summed E-state index contributed by atoms with van der Waals surface area (Å²) in [6, 6.07) is 8.77. The van der Waals surface area contributed by atoms with Gasteiger partial charge in [-0.05, 0) is 43.3 Å². The van der Waals surface area contributed by atoms with Gasteiger partial charge in [0.1, 0.15) is 6.04 Å². The van der Waals surface area contributed by atoms with Crippen LogP contribution in [0.1, 0.15) is 24.2 Å². The number of carboxylic acids is 2. The summed E-state index contributed by atoms with van der Waals surface area (Å²) < 4.78 is 26.9. The average molecular weight is 406 g/mol. The fourth-order valence-electron chi connectivity index (χ4n) is 2.52. The zero-order chi connectivity index (χ0) is 21.1. The van der Waals surface area contributed by atoms with Crippen LogP contribution in [0.5, 0.6) is 0 Å². The van der Waals surface area contributed by atoms with Gasteiger partial charge in [-0.15, -0.1) is 0 Å². The summed E-state index contributed by atoms with van der Waals surface area (Å²) in [7, 11) is -4.42. The number of carbonyl (C=O) groups excluding carboxylic acids is 1. The van der Waals surface area contributed by atoms with Gasteiger partial charge in [-0.3, -0.25) is 9.10 Å². The number of nitrogens with one attached hydrogen (secondary N) is 1. The summed E-state index contributed by atoms with van der Waals surface area (Å²) in [4.78, 5) is 33.9. The van der Waals surface area contributed by atoms with Crippen molar-refractivity contribution < 1.29 is 33.0 Å². The molecule has 1 unspecified atom stereocenters. The zero-order valence-corrected chi connectivity index (χ0v) is 15.8. The van der Waals surface area contributed by atoms with Gasteiger partial charge in [0.2, 0.25) is 5.91 Å². The molecule has 3 N–H and O–H groups in total. The maximum absolute atomic E-state index is 13.2. The number of aliphatic carboxylic acids is 1. The van der Waals surface area contributed by atoms with E-state index in [9.17, 15) is 33.0 Å². The highest BCUT2D eigenvalue weighted by Gasteiger charge is 2.35. The number of aromatic carboxylic acids is 1. The minimum atomic E-state index is -4.42. The van der Waals surface area contributed by atoms with Crippen molar-refractivity contribution in [2.75, 3.05) is 9.62 Å². The van der Waals surface area contributed by atoms with Gasteiger partial charge in [0.05, 0.1) is 16.1 Å². The number of anilines is 2. The Morgan fingerprint density at radius 3 is 2.07 bits per heavy atom. The van der Waals surface area contributed by atoms with Crippen molar-refractivity contribution in [2.24, 2.45) is 0 Å². The number of nitrogens with zero attached hydrogens (tertiary/aromatic N) is 1. The number of benzene rings is 2. The molecule has 0 radical (unpaired) electrons. The summed E-state index contributed by atoms with van der Waals surface area (Å²) in [5, 5.41) is 21.3. The molecule has 28 heavy (non-hydrogen) atoms. The van der Waals surface area contributed by atoms with Gasteiger partial charge in [-0.1, -0.05) is 12.1 Å². The van der Waals surface area contributed by atoms with Crippen LogP contribution in [-0.4, -0.2) is 42.5 Å². The SMILES string of the molecule is CC(=O)Nc1ccc(S(=O)(=O)N(c2ccccc2C(=O)O)C(C)C(=O)O)cc1. The van der Waals surface area contributed by atoms with Gasteiger partial charge in [0.15, 0.2) is 0 Å². The molecule has 0 saturated carbocycles. The number of hydrogen-bond donors (Lipinski definition) is 3. The van der Waals surface area contributed by atoms with E-state index in [1.807, 2.05) is 0 Å². The lowest BCUT2D eigenvalue weighted by atomic mass is 10.1. The van der Waals surface area contributed by atoms with E-state index in [0.29, 0.717) is 9.99 Å². The van der Waals surface area contributed by atoms with E-state index in [4.69, 9.17) is 0 Å². The van der Waals surface area contributed by atoms with Crippen LogP contribution in [0.4, 0.5) is 11.4 Å². The van der Waals surface area contributed by atoms with Crippen molar-refractivity contribution >= 4 is 39.2 Å². The molecule has 0 aliphatic rings. The topological polar surface area (TPSA) is 141 Å². The molecule has 0 bridgehead atoms. The van der Waals surface area contributed by atoms with Gasteiger partial charge >= 0.3 is 11.9 Å². The molecule has 2 aromatic rings. The number of amides is 1. The molecule has 0 aliphatic carbocycles. The highest BCUT2D eigenvalue weighted by molar-refractivity contribution is 7.93. The molecule has 148 valence electrons. The minimum absolute atomic E-state index is 0.255. The van der Waals surface area contributed by atoms with Crippen LogP contribution in [0.2, 0.25) is 0 Å². The Balaban J connectivity index is 2.62. The highest BCUT2D eigenvalue weighted by atomic mass is 32.2. The highest BCUT2D eigenvalue weighted by Crippen LogP contribution is 2.30. The van der Waals surface area contributed by atoms with Gasteiger partial charge in [-0.2, -0.15) is 0 Å². The molecule has 0 heterocycles. The Labute approximate surface area is 161 Å². The van der Waals surface area contributed by atoms with Crippen LogP contribution in [0.3, 0.4) is 0 Å². The molecule has 2 aromatic carbocycles. The minimum Gasteiger partial charge on any atom is -0.480 e. The molecular weight excluding hydrogens is 388 g/mol. The van der Waals surface area contributed by atoms with E-state index in [2.05, 4.69) is 5.32 Å². The number of hydrogen-bond acceptors (Lipinski definition) is 5. The summed E-state index contributed by atoms with van der Waals surface area (Å²) in [6.45, 7) is 2.44. The smallest absolute Gasteiger partial charge is 0.337 e. The first-order chi connectivity index (χ1) is 13.1. The number of para-hydroxylation sites is 1. The lowest BCUT2D eigenvalue weighted by molar-refractivity contribution is -0.137. The maximum atomic E-state index is 13.2. The van der Waals surface area contributed by atoms with Crippen LogP contribution < -0.4 is 9.62 Å². The van der Waals surface area contributed by atoms with Crippen molar-refractivity contribution in [1.29, 1.82) is 0 Å². The molecule has 1 amide bonds. The Bertz CT molecular complexity index is 1020. The van der Waals surface area contributed by atoms with E-state index >= 15 is 0 Å². The van der Waals surface area contributed by atoms with Crippen molar-refractivity contribution in [3.05, 3.63) is 54.1 Å². The standard InChI is InChI=1S/C18H18N2O7S/c1-11(17(22)23)20(16-6-4-3-5-15(16)18(24)25)28(26,27)14-9-7-13(8-10-14)19-12(2)21/h3-11H,1-2H3,(H,19,21)(H,22,23)(H,24,25). The second kappa shape index (κ2) is 8.09. The third-order valence-corrected chi connectivity index (χ3v) is 5.71. The first-order valence-electron chi connectivity index (χ1n) is 8.03. The van der Waals surface area contributed by atoms with Gasteiger partial charge < -0.3 is 15.5 Å². The van der Waals surface area contributed by atoms with Crippen molar-refractivity contribution in [2.45, 2.75) is 24.8 Å². The van der Waals surface area contributed by atoms with E-state index in [1.165, 1.54) is 55.5 Å². The largest absolute Gasteiger partial charge is 0.480 e. The molecule has 2 rings (SSSR count). The van der Waals surface area contributed by atoms with Crippen molar-refractivity contribution in [3.63, 3.8) is 0 Å². The average Bonchev–Trinajstić information content (AvgIpc) is 2.61. The molecule has 0 aromatic heterocycles. The predicted octanol–water partition coefficient (Wildman–Crippen LogP) is 2.01. The second-order valence-corrected chi connectivity index (χ2v) is 7.66. The molecule has 0 saturated heterocycles. The molecule has 1 atom stereocenters. The van der Waals surface area contributed by atoms with Crippen LogP contribution in [-0.2, 0) is 19.6 Å². The molecule has 10 heteroatoms. The normalized spacial score (nSPS) is 12.1. The van der Waals surface area contributed by atoms with E-state index in [1.54, 1.807) is 0 Å². The van der Waals surface area contributed by atoms with E-state index in [-0.39, 0.29) is 22.1 Å². The third-order valence-electron chi connectivity index (χ3n) is 3.81. The predicted molar refractivity (Wildman–Crippen MR) is 101 cm³/mol. The number of carboxylic acid groups (broad SMARTS) is 2. The Morgan fingerprint density at radius 1 is 1.00 bits per heavy atom. The number of rotatable bonds is 7. The van der Waals surface area contributed by atoms with Gasteiger partial charge in [0, 0.05) is 12.6 Å². The summed E-state index contributed by atoms with van der Waals surface area (Å²) in [5.74, 6) is -3.18. The maximum Gasteiger partial charge on any atom is 0.337 e. The molecule has 0 fully saturated rings. The van der Waals surface area contributed by atoms with Crippen molar-refractivity contribution in [3.8, 4) is 0 Å². The lowest BCUT2D eigenvalue weighted by Crippen LogP contribution is -2.44.